The number of rotatable bonds is 6. The van der Waals surface area contributed by atoms with Crippen molar-refractivity contribution in [1.82, 2.24) is 0 Å². The maximum atomic E-state index is 10.6. The quantitative estimate of drug-likeness (QED) is 0.348. The Balaban J connectivity index is 2.26. The standard InChI is InChI=1S/C22H26O4/c1-3-5-7-13-9-19(23)15-12-18-16(11-17(15)21(13)25)20(24)10-14(22(18)26)8-6-4-2/h9-12,23-26H,3-8H2,1-2H3. The molecule has 3 rings (SSSR count). The number of phenols is 4. The van der Waals surface area contributed by atoms with Crippen LogP contribution in [-0.4, -0.2) is 20.4 Å². The fourth-order valence-corrected chi connectivity index (χ4v) is 3.50. The predicted octanol–water partition coefficient (Wildman–Crippen LogP) is 5.50. The number of phenolic OH excluding ortho intramolecular Hbond substituents is 4. The van der Waals surface area contributed by atoms with E-state index in [0.717, 1.165) is 25.7 Å². The van der Waals surface area contributed by atoms with Crippen LogP contribution in [0.1, 0.15) is 50.7 Å². The van der Waals surface area contributed by atoms with Gasteiger partial charge in [0.2, 0.25) is 0 Å². The van der Waals surface area contributed by atoms with Crippen LogP contribution in [-0.2, 0) is 12.8 Å². The summed E-state index contributed by atoms with van der Waals surface area (Å²) in [6.45, 7) is 4.14. The number of hydrogen-bond acceptors (Lipinski definition) is 4. The molecule has 0 aliphatic heterocycles. The highest BCUT2D eigenvalue weighted by Gasteiger charge is 2.17. The second kappa shape index (κ2) is 7.32. The smallest absolute Gasteiger partial charge is 0.126 e. The third-order valence-corrected chi connectivity index (χ3v) is 5.05. The average molecular weight is 354 g/mol. The fraction of sp³-hybridized carbons (Fsp3) is 0.364. The first-order chi connectivity index (χ1) is 12.5. The molecule has 0 saturated heterocycles. The molecule has 0 radical (unpaired) electrons. The van der Waals surface area contributed by atoms with E-state index in [4.69, 9.17) is 0 Å². The molecule has 0 aromatic heterocycles. The summed E-state index contributed by atoms with van der Waals surface area (Å²) >= 11 is 0. The largest absolute Gasteiger partial charge is 0.507 e. The van der Waals surface area contributed by atoms with Crippen LogP contribution in [0.5, 0.6) is 23.0 Å². The fourth-order valence-electron chi connectivity index (χ4n) is 3.50. The molecule has 0 amide bonds. The van der Waals surface area contributed by atoms with Gasteiger partial charge in [-0.3, -0.25) is 0 Å². The molecule has 0 fully saturated rings. The summed E-state index contributed by atoms with van der Waals surface area (Å²) in [4.78, 5) is 0. The zero-order valence-electron chi connectivity index (χ0n) is 15.3. The van der Waals surface area contributed by atoms with Gasteiger partial charge in [-0.05, 0) is 61.1 Å². The molecule has 138 valence electrons. The van der Waals surface area contributed by atoms with Gasteiger partial charge in [0.15, 0.2) is 0 Å². The van der Waals surface area contributed by atoms with Crippen molar-refractivity contribution in [1.29, 1.82) is 0 Å². The normalized spacial score (nSPS) is 11.5. The zero-order valence-corrected chi connectivity index (χ0v) is 15.3. The minimum atomic E-state index is 0.0728. The summed E-state index contributed by atoms with van der Waals surface area (Å²) in [5, 5.41) is 44.1. The van der Waals surface area contributed by atoms with Gasteiger partial charge in [-0.15, -0.1) is 0 Å². The lowest BCUT2D eigenvalue weighted by Crippen LogP contribution is -1.91. The first-order valence-electron chi connectivity index (χ1n) is 9.33. The highest BCUT2D eigenvalue weighted by atomic mass is 16.3. The highest BCUT2D eigenvalue weighted by Crippen LogP contribution is 2.43. The molecule has 0 atom stereocenters. The number of unbranched alkanes of at least 4 members (excludes halogenated alkanes) is 2. The van der Waals surface area contributed by atoms with Crippen LogP contribution in [0, 0.1) is 0 Å². The summed E-state index contributed by atoms with van der Waals surface area (Å²) in [6, 6.07) is 6.48. The summed E-state index contributed by atoms with van der Waals surface area (Å²) in [7, 11) is 0. The lowest BCUT2D eigenvalue weighted by molar-refractivity contribution is 0.460. The van der Waals surface area contributed by atoms with Crippen LogP contribution in [0.2, 0.25) is 0 Å². The minimum absolute atomic E-state index is 0.0728. The van der Waals surface area contributed by atoms with Crippen LogP contribution in [0.25, 0.3) is 21.5 Å². The van der Waals surface area contributed by atoms with E-state index in [1.165, 1.54) is 0 Å². The topological polar surface area (TPSA) is 80.9 Å². The number of benzene rings is 3. The third kappa shape index (κ3) is 3.12. The van der Waals surface area contributed by atoms with Crippen LogP contribution < -0.4 is 0 Å². The Morgan fingerprint density at radius 2 is 0.962 bits per heavy atom. The maximum absolute atomic E-state index is 10.6. The Kier molecular flexibility index (Phi) is 5.12. The first kappa shape index (κ1) is 18.2. The van der Waals surface area contributed by atoms with Crippen molar-refractivity contribution in [3.63, 3.8) is 0 Å². The minimum Gasteiger partial charge on any atom is -0.507 e. The highest BCUT2D eigenvalue weighted by molar-refractivity contribution is 6.08. The summed E-state index contributed by atoms with van der Waals surface area (Å²) in [5.41, 5.74) is 1.39. The lowest BCUT2D eigenvalue weighted by Gasteiger charge is -2.14. The number of fused-ring (bicyclic) bond motifs is 2. The monoisotopic (exact) mass is 354 g/mol. The molecule has 3 aromatic carbocycles. The molecular weight excluding hydrogens is 328 g/mol. The number of aromatic hydroxyl groups is 4. The molecule has 4 N–H and O–H groups in total. The molecule has 3 aromatic rings. The van der Waals surface area contributed by atoms with Crippen molar-refractivity contribution >= 4 is 21.5 Å². The first-order valence-corrected chi connectivity index (χ1v) is 9.33. The van der Waals surface area contributed by atoms with Crippen molar-refractivity contribution in [2.45, 2.75) is 52.4 Å². The lowest BCUT2D eigenvalue weighted by atomic mass is 9.94. The van der Waals surface area contributed by atoms with E-state index < -0.39 is 0 Å². The third-order valence-electron chi connectivity index (χ3n) is 5.05. The van der Waals surface area contributed by atoms with Gasteiger partial charge in [0, 0.05) is 21.5 Å². The Hall–Kier alpha value is -2.62. The summed E-state index contributed by atoms with van der Waals surface area (Å²) < 4.78 is 0. The van der Waals surface area contributed by atoms with Crippen LogP contribution >= 0.6 is 0 Å². The van der Waals surface area contributed by atoms with Gasteiger partial charge in [-0.1, -0.05) is 26.7 Å². The number of hydrogen-bond donors (Lipinski definition) is 4. The van der Waals surface area contributed by atoms with Gasteiger partial charge >= 0.3 is 0 Å². The SMILES string of the molecule is CCCCc1cc(O)c2cc3c(O)c(CCCC)cc(O)c3cc2c1O. The van der Waals surface area contributed by atoms with E-state index in [1.54, 1.807) is 24.3 Å². The van der Waals surface area contributed by atoms with Gasteiger partial charge in [-0.25, -0.2) is 0 Å². The second-order valence-electron chi connectivity index (χ2n) is 6.96. The molecule has 0 saturated carbocycles. The Morgan fingerprint density at radius 1 is 0.577 bits per heavy atom. The van der Waals surface area contributed by atoms with Crippen molar-refractivity contribution in [2.24, 2.45) is 0 Å². The Morgan fingerprint density at radius 3 is 1.31 bits per heavy atom. The molecule has 4 heteroatoms. The van der Waals surface area contributed by atoms with E-state index in [0.29, 0.717) is 45.5 Å². The van der Waals surface area contributed by atoms with Crippen LogP contribution in [0.15, 0.2) is 24.3 Å². The predicted molar refractivity (Wildman–Crippen MR) is 105 cm³/mol. The molecule has 0 heterocycles. The van der Waals surface area contributed by atoms with Crippen molar-refractivity contribution in [3.05, 3.63) is 35.4 Å². The Bertz CT molecular complexity index is 880. The molecule has 26 heavy (non-hydrogen) atoms. The average Bonchev–Trinajstić information content (AvgIpc) is 2.64. The molecule has 0 aliphatic carbocycles. The van der Waals surface area contributed by atoms with Crippen LogP contribution in [0.3, 0.4) is 0 Å². The van der Waals surface area contributed by atoms with Gasteiger partial charge in [0.05, 0.1) is 0 Å². The molecule has 0 spiro atoms. The molecule has 0 unspecified atom stereocenters. The van der Waals surface area contributed by atoms with E-state index in [2.05, 4.69) is 13.8 Å². The van der Waals surface area contributed by atoms with E-state index >= 15 is 0 Å². The zero-order chi connectivity index (χ0) is 18.8. The van der Waals surface area contributed by atoms with Gasteiger partial charge in [0.25, 0.3) is 0 Å². The maximum Gasteiger partial charge on any atom is 0.126 e. The summed E-state index contributed by atoms with van der Waals surface area (Å²) in [6.07, 6.45) is 5.17. The Labute approximate surface area is 153 Å². The van der Waals surface area contributed by atoms with Crippen molar-refractivity contribution in [2.75, 3.05) is 0 Å². The van der Waals surface area contributed by atoms with Crippen molar-refractivity contribution in [3.8, 4) is 23.0 Å². The molecule has 0 bridgehead atoms. The van der Waals surface area contributed by atoms with Gasteiger partial charge in [0.1, 0.15) is 23.0 Å². The van der Waals surface area contributed by atoms with E-state index in [-0.39, 0.29) is 23.0 Å². The van der Waals surface area contributed by atoms with Crippen LogP contribution in [0.4, 0.5) is 0 Å². The van der Waals surface area contributed by atoms with Gasteiger partial charge < -0.3 is 20.4 Å². The number of aryl methyl sites for hydroxylation is 2. The molecule has 4 nitrogen and oxygen atoms in total. The molecular formula is C22H26O4. The van der Waals surface area contributed by atoms with E-state index in [1.807, 2.05) is 0 Å². The molecule has 0 aliphatic rings. The summed E-state index contributed by atoms with van der Waals surface area (Å²) in [5.74, 6) is 0.400. The second-order valence-corrected chi connectivity index (χ2v) is 6.96. The van der Waals surface area contributed by atoms with Crippen molar-refractivity contribution < 1.29 is 20.4 Å². The van der Waals surface area contributed by atoms with Gasteiger partial charge in [-0.2, -0.15) is 0 Å². The van der Waals surface area contributed by atoms with E-state index in [9.17, 15) is 20.4 Å².